The van der Waals surface area contributed by atoms with Crippen LogP contribution in [0.15, 0.2) is 40.9 Å². The van der Waals surface area contributed by atoms with Gasteiger partial charge < -0.3 is 9.73 Å². The molecule has 7 heteroatoms. The average Bonchev–Trinajstić information content (AvgIpc) is 3.10. The number of hydrogen-bond acceptors (Lipinski definition) is 5. The van der Waals surface area contributed by atoms with Gasteiger partial charge in [0.05, 0.1) is 23.2 Å². The maximum absolute atomic E-state index is 12.1. The molecule has 0 aliphatic carbocycles. The van der Waals surface area contributed by atoms with E-state index in [0.717, 1.165) is 5.56 Å². The van der Waals surface area contributed by atoms with Crippen LogP contribution in [-0.2, 0) is 21.1 Å². The normalized spacial score (nSPS) is 22.4. The predicted octanol–water partition coefficient (Wildman–Crippen LogP) is 1.97. The molecule has 1 fully saturated rings. The molecular formula is C17H20N2O4S. The number of aromatic nitrogens is 1. The summed E-state index contributed by atoms with van der Waals surface area (Å²) in [4.78, 5) is 16.3. The summed E-state index contributed by atoms with van der Waals surface area (Å²) in [5.41, 5.74) is 0.270. The molecule has 2 heterocycles. The van der Waals surface area contributed by atoms with Crippen molar-refractivity contribution in [3.8, 4) is 11.3 Å². The van der Waals surface area contributed by atoms with E-state index in [-0.39, 0.29) is 23.8 Å². The van der Waals surface area contributed by atoms with E-state index >= 15 is 0 Å². The molecule has 0 bridgehead atoms. The van der Waals surface area contributed by atoms with Gasteiger partial charge in [-0.2, -0.15) is 0 Å². The highest BCUT2D eigenvalue weighted by atomic mass is 32.2. The summed E-state index contributed by atoms with van der Waals surface area (Å²) >= 11 is 0. The predicted molar refractivity (Wildman–Crippen MR) is 90.1 cm³/mol. The zero-order chi connectivity index (χ0) is 17.2. The maximum atomic E-state index is 12.1. The highest BCUT2D eigenvalue weighted by molar-refractivity contribution is 7.91. The zero-order valence-electron chi connectivity index (χ0n) is 13.5. The molecule has 1 amide bonds. The molecule has 2 aromatic rings. The Kier molecular flexibility index (Phi) is 4.45. The highest BCUT2D eigenvalue weighted by Gasteiger charge is 2.39. The second kappa shape index (κ2) is 6.39. The second-order valence-electron chi connectivity index (χ2n) is 6.44. The van der Waals surface area contributed by atoms with Crippen LogP contribution in [0.1, 0.15) is 25.7 Å². The van der Waals surface area contributed by atoms with Crippen LogP contribution in [0.25, 0.3) is 11.3 Å². The van der Waals surface area contributed by atoms with Gasteiger partial charge in [0.2, 0.25) is 5.91 Å². The van der Waals surface area contributed by atoms with Crippen molar-refractivity contribution in [2.24, 2.45) is 0 Å². The lowest BCUT2D eigenvalue weighted by molar-refractivity contribution is -0.122. The van der Waals surface area contributed by atoms with Crippen LogP contribution in [-0.4, -0.2) is 36.4 Å². The Bertz CT molecular complexity index is 829. The summed E-state index contributed by atoms with van der Waals surface area (Å²) in [7, 11) is -3.04. The molecule has 0 spiro atoms. The third-order valence-corrected chi connectivity index (χ3v) is 6.03. The fourth-order valence-electron chi connectivity index (χ4n) is 2.89. The number of carbonyl (C=O) groups excluding carboxylic acids is 1. The molecule has 0 saturated carbocycles. The van der Waals surface area contributed by atoms with Gasteiger partial charge in [0, 0.05) is 18.4 Å². The monoisotopic (exact) mass is 348 g/mol. The first kappa shape index (κ1) is 16.7. The molecule has 1 aromatic carbocycles. The number of nitrogens with one attached hydrogen (secondary N) is 1. The quantitative estimate of drug-likeness (QED) is 0.892. The Balaban J connectivity index is 1.55. The van der Waals surface area contributed by atoms with E-state index in [1.54, 1.807) is 13.1 Å². The molecule has 0 unspecified atom stereocenters. The van der Waals surface area contributed by atoms with Crippen LogP contribution < -0.4 is 5.32 Å². The van der Waals surface area contributed by atoms with Crippen molar-refractivity contribution in [1.82, 2.24) is 10.3 Å². The van der Waals surface area contributed by atoms with Crippen molar-refractivity contribution >= 4 is 15.7 Å². The van der Waals surface area contributed by atoms with Crippen molar-refractivity contribution in [1.29, 1.82) is 0 Å². The first-order valence-electron chi connectivity index (χ1n) is 7.87. The summed E-state index contributed by atoms with van der Waals surface area (Å²) in [6.45, 7) is 1.77. The number of aryl methyl sites for hydroxylation is 1. The number of amides is 1. The summed E-state index contributed by atoms with van der Waals surface area (Å²) in [5.74, 6) is 1.11. The molecule has 0 radical (unpaired) electrons. The topological polar surface area (TPSA) is 89.3 Å². The van der Waals surface area contributed by atoms with Crippen molar-refractivity contribution < 1.29 is 17.6 Å². The van der Waals surface area contributed by atoms with Gasteiger partial charge >= 0.3 is 0 Å². The molecule has 1 saturated heterocycles. The number of oxazole rings is 1. The fourth-order valence-corrected chi connectivity index (χ4v) is 4.98. The first-order valence-corrected chi connectivity index (χ1v) is 9.69. The summed E-state index contributed by atoms with van der Waals surface area (Å²) < 4.78 is 28.8. The Labute approximate surface area is 141 Å². The van der Waals surface area contributed by atoms with E-state index in [0.29, 0.717) is 24.5 Å². The van der Waals surface area contributed by atoms with Gasteiger partial charge in [-0.3, -0.25) is 4.79 Å². The number of nitrogens with zero attached hydrogens (tertiary/aromatic N) is 1. The molecule has 6 nitrogen and oxygen atoms in total. The minimum Gasteiger partial charge on any atom is -0.441 e. The Morgan fingerprint density at radius 2 is 2.08 bits per heavy atom. The zero-order valence-corrected chi connectivity index (χ0v) is 14.3. The van der Waals surface area contributed by atoms with Crippen LogP contribution >= 0.6 is 0 Å². The Morgan fingerprint density at radius 1 is 1.33 bits per heavy atom. The molecular weight excluding hydrogens is 328 g/mol. The maximum Gasteiger partial charge on any atom is 0.220 e. The first-order chi connectivity index (χ1) is 11.4. The van der Waals surface area contributed by atoms with Gasteiger partial charge in [-0.15, -0.1) is 0 Å². The minimum absolute atomic E-state index is 0.00287. The van der Waals surface area contributed by atoms with Crippen molar-refractivity contribution in [2.75, 3.05) is 11.5 Å². The highest BCUT2D eigenvalue weighted by Crippen LogP contribution is 2.23. The average molecular weight is 348 g/mol. The Hall–Kier alpha value is -2.15. The molecule has 24 heavy (non-hydrogen) atoms. The second-order valence-corrected chi connectivity index (χ2v) is 8.62. The van der Waals surface area contributed by atoms with Crippen LogP contribution in [0, 0.1) is 0 Å². The van der Waals surface area contributed by atoms with Crippen molar-refractivity contribution in [2.45, 2.75) is 31.7 Å². The molecule has 3 rings (SSSR count). The van der Waals surface area contributed by atoms with Gasteiger partial charge in [-0.05, 0) is 13.3 Å². The number of carbonyl (C=O) groups is 1. The van der Waals surface area contributed by atoms with Crippen molar-refractivity contribution in [3.05, 3.63) is 42.4 Å². The van der Waals surface area contributed by atoms with E-state index in [1.807, 2.05) is 30.3 Å². The van der Waals surface area contributed by atoms with Gasteiger partial charge in [-0.25, -0.2) is 13.4 Å². The van der Waals surface area contributed by atoms with E-state index in [9.17, 15) is 13.2 Å². The molecule has 1 aliphatic heterocycles. The van der Waals surface area contributed by atoms with Crippen LogP contribution in [0.3, 0.4) is 0 Å². The van der Waals surface area contributed by atoms with E-state index in [2.05, 4.69) is 10.3 Å². The molecule has 1 aromatic heterocycles. The summed E-state index contributed by atoms with van der Waals surface area (Å²) in [6.07, 6.45) is 2.69. The lowest BCUT2D eigenvalue weighted by Gasteiger charge is -2.23. The lowest BCUT2D eigenvalue weighted by Crippen LogP contribution is -2.47. The number of rotatable bonds is 5. The van der Waals surface area contributed by atoms with Crippen molar-refractivity contribution in [3.63, 3.8) is 0 Å². The SMILES string of the molecule is C[C@]1(NC(=O)CCc2ncc(-c3ccccc3)o2)CCS(=O)(=O)C1. The smallest absolute Gasteiger partial charge is 0.220 e. The van der Waals surface area contributed by atoms with E-state index in [1.165, 1.54) is 0 Å². The summed E-state index contributed by atoms with van der Waals surface area (Å²) in [5, 5.41) is 2.83. The molecule has 128 valence electrons. The Morgan fingerprint density at radius 3 is 2.75 bits per heavy atom. The minimum atomic E-state index is -3.04. The standard InChI is InChI=1S/C17H20N2O4S/c1-17(9-10-24(21,22)12-17)19-15(20)7-8-16-18-11-14(23-16)13-5-3-2-4-6-13/h2-6,11H,7-10,12H2,1H3,(H,19,20)/t17-/m0/s1. The molecule has 1 atom stereocenters. The van der Waals surface area contributed by atoms with E-state index in [4.69, 9.17) is 4.42 Å². The molecule has 1 N–H and O–H groups in total. The van der Waals surface area contributed by atoms with Crippen LogP contribution in [0.4, 0.5) is 0 Å². The third-order valence-electron chi connectivity index (χ3n) is 4.12. The number of benzene rings is 1. The lowest BCUT2D eigenvalue weighted by atomic mass is 10.0. The number of hydrogen-bond donors (Lipinski definition) is 1. The van der Waals surface area contributed by atoms with Gasteiger partial charge in [-0.1, -0.05) is 30.3 Å². The van der Waals surface area contributed by atoms with Gasteiger partial charge in [0.15, 0.2) is 21.5 Å². The van der Waals surface area contributed by atoms with E-state index < -0.39 is 15.4 Å². The number of sulfone groups is 1. The molecule has 1 aliphatic rings. The largest absolute Gasteiger partial charge is 0.441 e. The van der Waals surface area contributed by atoms with Crippen LogP contribution in [0.5, 0.6) is 0 Å². The van der Waals surface area contributed by atoms with Gasteiger partial charge in [0.25, 0.3) is 0 Å². The summed E-state index contributed by atoms with van der Waals surface area (Å²) in [6, 6.07) is 9.62. The third kappa shape index (κ3) is 4.03. The van der Waals surface area contributed by atoms with Crippen LogP contribution in [0.2, 0.25) is 0 Å². The van der Waals surface area contributed by atoms with Gasteiger partial charge in [0.1, 0.15) is 0 Å². The fraction of sp³-hybridized carbons (Fsp3) is 0.412.